The molecule has 3 heteroatoms. The highest BCUT2D eigenvalue weighted by molar-refractivity contribution is 7.08. The summed E-state index contributed by atoms with van der Waals surface area (Å²) in [6.45, 7) is 4.55. The van der Waals surface area contributed by atoms with Gasteiger partial charge in [0, 0.05) is 23.2 Å². The minimum atomic E-state index is -0.147. The van der Waals surface area contributed by atoms with Crippen LogP contribution >= 0.6 is 11.3 Å². The topological polar surface area (TPSA) is 12.0 Å². The average molecular weight is 235 g/mol. The summed E-state index contributed by atoms with van der Waals surface area (Å²) in [5, 5.41) is 7.37. The molecule has 0 atom stereocenters. The quantitative estimate of drug-likeness (QED) is 0.844. The molecule has 0 fully saturated rings. The van der Waals surface area contributed by atoms with Gasteiger partial charge >= 0.3 is 0 Å². The number of benzene rings is 1. The minimum absolute atomic E-state index is 0.147. The van der Waals surface area contributed by atoms with E-state index in [4.69, 9.17) is 0 Å². The van der Waals surface area contributed by atoms with Crippen LogP contribution in [0.15, 0.2) is 29.0 Å². The zero-order valence-electron chi connectivity index (χ0n) is 9.38. The van der Waals surface area contributed by atoms with Crippen LogP contribution in [0.1, 0.15) is 16.7 Å². The van der Waals surface area contributed by atoms with E-state index in [1.54, 1.807) is 17.4 Å². The maximum absolute atomic E-state index is 13.5. The molecule has 0 aliphatic rings. The Bertz CT molecular complexity index is 490. The van der Waals surface area contributed by atoms with Crippen molar-refractivity contribution in [2.24, 2.45) is 0 Å². The molecule has 1 aromatic heterocycles. The number of nitrogens with one attached hydrogen (secondary N) is 1. The minimum Gasteiger partial charge on any atom is -0.380 e. The van der Waals surface area contributed by atoms with Crippen LogP contribution in [0.25, 0.3) is 0 Å². The largest absolute Gasteiger partial charge is 0.380 e. The summed E-state index contributed by atoms with van der Waals surface area (Å²) in [6.07, 6.45) is 0. The number of hydrogen-bond acceptors (Lipinski definition) is 2. The highest BCUT2D eigenvalue weighted by atomic mass is 32.1. The van der Waals surface area contributed by atoms with Crippen LogP contribution in [0.5, 0.6) is 0 Å². The van der Waals surface area contributed by atoms with E-state index in [1.165, 1.54) is 11.6 Å². The van der Waals surface area contributed by atoms with Gasteiger partial charge in [-0.3, -0.25) is 0 Å². The van der Waals surface area contributed by atoms with E-state index >= 15 is 0 Å². The van der Waals surface area contributed by atoms with Crippen LogP contribution in [0.4, 0.5) is 10.1 Å². The molecule has 1 N–H and O–H groups in total. The molecule has 2 rings (SSSR count). The van der Waals surface area contributed by atoms with Crippen LogP contribution < -0.4 is 5.32 Å². The molecule has 0 spiro atoms. The lowest BCUT2D eigenvalue weighted by Crippen LogP contribution is -2.02. The van der Waals surface area contributed by atoms with Gasteiger partial charge in [-0.2, -0.15) is 0 Å². The Kier molecular flexibility index (Phi) is 3.25. The molecule has 1 nitrogen and oxygen atoms in total. The number of rotatable bonds is 3. The second-order valence-corrected chi connectivity index (χ2v) is 4.66. The lowest BCUT2D eigenvalue weighted by Gasteiger charge is -2.07. The summed E-state index contributed by atoms with van der Waals surface area (Å²) in [7, 11) is 0. The number of aryl methyl sites for hydroxylation is 2. The van der Waals surface area contributed by atoms with Gasteiger partial charge in [0.15, 0.2) is 0 Å². The Hall–Kier alpha value is -1.35. The van der Waals surface area contributed by atoms with Gasteiger partial charge < -0.3 is 5.32 Å². The van der Waals surface area contributed by atoms with Crippen LogP contribution in [0.2, 0.25) is 0 Å². The molecule has 0 saturated carbocycles. The Morgan fingerprint density at radius 2 is 2.06 bits per heavy atom. The standard InChI is InChI=1S/C13H14FNS/c1-9-3-4-12(14)11(5-9)6-15-13-8-16-7-10(13)2/h3-5,7-8,15H,6H2,1-2H3. The fraction of sp³-hybridized carbons (Fsp3) is 0.231. The van der Waals surface area contributed by atoms with Gasteiger partial charge in [0.05, 0.1) is 0 Å². The summed E-state index contributed by atoms with van der Waals surface area (Å²) in [5.41, 5.74) is 4.09. The van der Waals surface area contributed by atoms with Gasteiger partial charge in [-0.1, -0.05) is 17.7 Å². The lowest BCUT2D eigenvalue weighted by molar-refractivity contribution is 0.612. The maximum Gasteiger partial charge on any atom is 0.128 e. The van der Waals surface area contributed by atoms with Crippen LogP contribution in [0, 0.1) is 19.7 Å². The van der Waals surface area contributed by atoms with E-state index in [9.17, 15) is 4.39 Å². The summed E-state index contributed by atoms with van der Waals surface area (Å²) in [6, 6.07) is 5.19. The molecule has 0 aliphatic carbocycles. The lowest BCUT2D eigenvalue weighted by atomic mass is 10.1. The first-order valence-electron chi connectivity index (χ1n) is 5.18. The molecule has 1 aromatic carbocycles. The summed E-state index contributed by atoms with van der Waals surface area (Å²) in [5.74, 6) is -0.147. The van der Waals surface area contributed by atoms with E-state index in [2.05, 4.69) is 10.7 Å². The van der Waals surface area contributed by atoms with E-state index in [1.807, 2.05) is 25.3 Å². The predicted molar refractivity (Wildman–Crippen MR) is 67.5 cm³/mol. The average Bonchev–Trinajstić information content (AvgIpc) is 2.66. The van der Waals surface area contributed by atoms with Crippen LogP contribution in [-0.2, 0) is 6.54 Å². The Labute approximate surface area is 98.9 Å². The van der Waals surface area contributed by atoms with Crippen LogP contribution in [0.3, 0.4) is 0 Å². The molecule has 0 unspecified atom stereocenters. The van der Waals surface area contributed by atoms with Crippen molar-refractivity contribution in [3.8, 4) is 0 Å². The normalized spacial score (nSPS) is 10.4. The fourth-order valence-corrected chi connectivity index (χ4v) is 2.38. The van der Waals surface area contributed by atoms with Crippen molar-refractivity contribution in [3.63, 3.8) is 0 Å². The van der Waals surface area contributed by atoms with Crippen molar-refractivity contribution >= 4 is 17.0 Å². The van der Waals surface area contributed by atoms with Gasteiger partial charge in [-0.25, -0.2) is 4.39 Å². The van der Waals surface area contributed by atoms with Crippen molar-refractivity contribution in [1.82, 2.24) is 0 Å². The van der Waals surface area contributed by atoms with Gasteiger partial charge in [0.2, 0.25) is 0 Å². The van der Waals surface area contributed by atoms with E-state index in [-0.39, 0.29) is 5.82 Å². The molecule has 0 amide bonds. The third-order valence-electron chi connectivity index (χ3n) is 2.53. The van der Waals surface area contributed by atoms with E-state index < -0.39 is 0 Å². The molecular weight excluding hydrogens is 221 g/mol. The molecule has 84 valence electrons. The molecule has 1 heterocycles. The Balaban J connectivity index is 2.10. The van der Waals surface area contributed by atoms with Gasteiger partial charge in [-0.05, 0) is 30.9 Å². The number of halogens is 1. The molecule has 0 radical (unpaired) electrons. The summed E-state index contributed by atoms with van der Waals surface area (Å²) >= 11 is 1.65. The SMILES string of the molecule is Cc1ccc(F)c(CNc2cscc2C)c1. The molecule has 0 saturated heterocycles. The Morgan fingerprint density at radius 3 is 2.75 bits per heavy atom. The highest BCUT2D eigenvalue weighted by Gasteiger charge is 2.03. The third kappa shape index (κ3) is 2.42. The van der Waals surface area contributed by atoms with Crippen molar-refractivity contribution in [2.75, 3.05) is 5.32 Å². The molecule has 0 aliphatic heterocycles. The number of thiophene rings is 1. The van der Waals surface area contributed by atoms with Gasteiger partial charge in [-0.15, -0.1) is 11.3 Å². The zero-order chi connectivity index (χ0) is 11.5. The van der Waals surface area contributed by atoms with E-state index in [0.717, 1.165) is 11.3 Å². The number of anilines is 1. The summed E-state index contributed by atoms with van der Waals surface area (Å²) < 4.78 is 13.5. The van der Waals surface area contributed by atoms with Gasteiger partial charge in [0.1, 0.15) is 5.82 Å². The highest BCUT2D eigenvalue weighted by Crippen LogP contribution is 2.20. The zero-order valence-corrected chi connectivity index (χ0v) is 10.2. The Morgan fingerprint density at radius 1 is 1.25 bits per heavy atom. The maximum atomic E-state index is 13.5. The van der Waals surface area contributed by atoms with Crippen LogP contribution in [-0.4, -0.2) is 0 Å². The van der Waals surface area contributed by atoms with E-state index in [0.29, 0.717) is 12.1 Å². The first-order chi connectivity index (χ1) is 7.66. The van der Waals surface area contributed by atoms with Crippen molar-refractivity contribution in [1.29, 1.82) is 0 Å². The molecular formula is C13H14FNS. The van der Waals surface area contributed by atoms with Crippen molar-refractivity contribution in [2.45, 2.75) is 20.4 Å². The predicted octanol–water partition coefficient (Wildman–Crippen LogP) is 4.12. The fourth-order valence-electron chi connectivity index (χ4n) is 1.57. The second kappa shape index (κ2) is 4.66. The first kappa shape index (κ1) is 11.1. The monoisotopic (exact) mass is 235 g/mol. The van der Waals surface area contributed by atoms with Crippen molar-refractivity contribution in [3.05, 3.63) is 51.5 Å². The molecule has 16 heavy (non-hydrogen) atoms. The smallest absolute Gasteiger partial charge is 0.128 e. The first-order valence-corrected chi connectivity index (χ1v) is 6.13. The van der Waals surface area contributed by atoms with Gasteiger partial charge in [0.25, 0.3) is 0 Å². The summed E-state index contributed by atoms with van der Waals surface area (Å²) in [4.78, 5) is 0. The second-order valence-electron chi connectivity index (χ2n) is 3.92. The molecule has 2 aromatic rings. The van der Waals surface area contributed by atoms with Crippen molar-refractivity contribution < 1.29 is 4.39 Å². The number of hydrogen-bond donors (Lipinski definition) is 1. The molecule has 0 bridgehead atoms. The third-order valence-corrected chi connectivity index (χ3v) is 3.39.